The Labute approximate surface area is 55.3 Å². The van der Waals surface area contributed by atoms with Gasteiger partial charge in [0.2, 0.25) is 0 Å². The van der Waals surface area contributed by atoms with Gasteiger partial charge in [0.25, 0.3) is 0 Å². The standard InChI is InChI=1S/C5H3FN4/c6-10-3-9-4-1-7-2-8-5(4)10/h1-3H. The molecule has 50 valence electrons. The quantitative estimate of drug-likeness (QED) is 0.534. The van der Waals surface area contributed by atoms with Crippen molar-refractivity contribution in [2.45, 2.75) is 0 Å². The molecule has 0 aromatic carbocycles. The van der Waals surface area contributed by atoms with Crippen LogP contribution in [0.4, 0.5) is 4.48 Å². The molecule has 0 atom stereocenters. The molecule has 0 unspecified atom stereocenters. The fraction of sp³-hybridized carbons (Fsp3) is 0. The van der Waals surface area contributed by atoms with E-state index in [1.165, 1.54) is 12.5 Å². The lowest BCUT2D eigenvalue weighted by Gasteiger charge is -1.84. The Kier molecular flexibility index (Phi) is 0.913. The lowest BCUT2D eigenvalue weighted by atomic mass is 10.6. The Morgan fingerprint density at radius 3 is 3.10 bits per heavy atom. The smallest absolute Gasteiger partial charge is 0.193 e. The lowest BCUT2D eigenvalue weighted by Crippen LogP contribution is -1.82. The van der Waals surface area contributed by atoms with Gasteiger partial charge in [-0.2, -0.15) is 0 Å². The third-order valence-electron chi connectivity index (χ3n) is 1.17. The van der Waals surface area contributed by atoms with Crippen LogP contribution in [0.5, 0.6) is 0 Å². The second kappa shape index (κ2) is 1.73. The molecule has 0 bridgehead atoms. The van der Waals surface area contributed by atoms with E-state index < -0.39 is 0 Å². The van der Waals surface area contributed by atoms with Crippen LogP contribution < -0.4 is 0 Å². The first-order valence-corrected chi connectivity index (χ1v) is 2.67. The number of imidazole rings is 1. The van der Waals surface area contributed by atoms with Crippen LogP contribution in [0.3, 0.4) is 0 Å². The molecule has 0 aliphatic carbocycles. The topological polar surface area (TPSA) is 43.6 Å². The molecular formula is C5H3FN4. The minimum Gasteiger partial charge on any atom is -0.242 e. The minimum absolute atomic E-state index is 0.204. The highest BCUT2D eigenvalue weighted by Crippen LogP contribution is 2.05. The maximum absolute atomic E-state index is 12.5. The second-order valence-corrected chi connectivity index (χ2v) is 1.79. The molecule has 0 spiro atoms. The van der Waals surface area contributed by atoms with E-state index in [9.17, 15) is 4.48 Å². The zero-order valence-electron chi connectivity index (χ0n) is 4.90. The van der Waals surface area contributed by atoms with Gasteiger partial charge in [-0.25, -0.2) is 15.0 Å². The number of hydrogen-bond acceptors (Lipinski definition) is 3. The fourth-order valence-corrected chi connectivity index (χ4v) is 0.739. The van der Waals surface area contributed by atoms with E-state index >= 15 is 0 Å². The zero-order chi connectivity index (χ0) is 6.97. The average Bonchev–Trinajstić information content (AvgIpc) is 2.34. The predicted octanol–water partition coefficient (Wildman–Crippen LogP) is 0.559. The van der Waals surface area contributed by atoms with Crippen molar-refractivity contribution >= 4 is 11.2 Å². The van der Waals surface area contributed by atoms with Gasteiger partial charge in [0.05, 0.1) is 6.20 Å². The molecule has 0 aliphatic heterocycles. The van der Waals surface area contributed by atoms with Crippen molar-refractivity contribution in [1.82, 2.24) is 19.7 Å². The molecule has 0 aliphatic rings. The number of rotatable bonds is 0. The van der Waals surface area contributed by atoms with Crippen LogP contribution in [0.2, 0.25) is 0 Å². The summed E-state index contributed by atoms with van der Waals surface area (Å²) >= 11 is 0. The van der Waals surface area contributed by atoms with E-state index in [4.69, 9.17) is 0 Å². The molecule has 0 saturated heterocycles. The van der Waals surface area contributed by atoms with E-state index in [1.807, 2.05) is 0 Å². The van der Waals surface area contributed by atoms with Gasteiger partial charge in [-0.1, -0.05) is 4.48 Å². The number of fused-ring (bicyclic) bond motifs is 1. The van der Waals surface area contributed by atoms with Gasteiger partial charge in [0.1, 0.15) is 18.2 Å². The highest BCUT2D eigenvalue weighted by molar-refractivity contribution is 5.68. The van der Waals surface area contributed by atoms with Crippen LogP contribution in [0.1, 0.15) is 0 Å². The van der Waals surface area contributed by atoms with Gasteiger partial charge >= 0.3 is 0 Å². The molecular weight excluding hydrogens is 135 g/mol. The van der Waals surface area contributed by atoms with E-state index in [-0.39, 0.29) is 5.65 Å². The molecule has 0 amide bonds. The first kappa shape index (κ1) is 5.28. The Morgan fingerprint density at radius 2 is 2.30 bits per heavy atom. The zero-order valence-corrected chi connectivity index (χ0v) is 4.90. The third kappa shape index (κ3) is 0.570. The van der Waals surface area contributed by atoms with Crippen molar-refractivity contribution in [2.24, 2.45) is 0 Å². The van der Waals surface area contributed by atoms with Crippen LogP contribution >= 0.6 is 0 Å². The number of halogens is 1. The van der Waals surface area contributed by atoms with E-state index in [2.05, 4.69) is 15.0 Å². The van der Waals surface area contributed by atoms with Crippen LogP contribution in [0.15, 0.2) is 18.9 Å². The average molecular weight is 138 g/mol. The highest BCUT2D eigenvalue weighted by Gasteiger charge is 1.99. The summed E-state index contributed by atoms with van der Waals surface area (Å²) in [5.41, 5.74) is 0.667. The summed E-state index contributed by atoms with van der Waals surface area (Å²) in [4.78, 5) is 11.4. The fourth-order valence-electron chi connectivity index (χ4n) is 0.739. The molecule has 2 aromatic heterocycles. The van der Waals surface area contributed by atoms with Crippen molar-refractivity contribution in [3.63, 3.8) is 0 Å². The van der Waals surface area contributed by atoms with Gasteiger partial charge in [0, 0.05) is 0 Å². The van der Waals surface area contributed by atoms with Gasteiger partial charge in [-0.05, 0) is 0 Å². The van der Waals surface area contributed by atoms with Gasteiger partial charge in [-0.15, -0.1) is 4.79 Å². The van der Waals surface area contributed by atoms with Crippen molar-refractivity contribution in [2.75, 3.05) is 0 Å². The van der Waals surface area contributed by atoms with Crippen LogP contribution in [0, 0.1) is 0 Å². The summed E-state index contributed by atoms with van der Waals surface area (Å²) in [7, 11) is 0. The van der Waals surface area contributed by atoms with E-state index in [0.29, 0.717) is 10.3 Å². The molecule has 0 fully saturated rings. The maximum atomic E-state index is 12.5. The Bertz CT molecular complexity index is 355. The summed E-state index contributed by atoms with van der Waals surface area (Å²) in [6, 6.07) is 0. The molecule has 10 heavy (non-hydrogen) atoms. The van der Waals surface area contributed by atoms with Crippen LogP contribution in [-0.2, 0) is 0 Å². The van der Waals surface area contributed by atoms with Gasteiger partial charge in [-0.3, -0.25) is 0 Å². The summed E-state index contributed by atoms with van der Waals surface area (Å²) in [6.07, 6.45) is 3.79. The maximum Gasteiger partial charge on any atom is 0.193 e. The van der Waals surface area contributed by atoms with E-state index in [0.717, 1.165) is 6.33 Å². The molecule has 2 aromatic rings. The van der Waals surface area contributed by atoms with Crippen LogP contribution in [0.25, 0.3) is 11.2 Å². The lowest BCUT2D eigenvalue weighted by molar-refractivity contribution is 0.381. The molecule has 0 radical (unpaired) electrons. The largest absolute Gasteiger partial charge is 0.242 e. The molecule has 5 heteroatoms. The number of nitrogens with zero attached hydrogens (tertiary/aromatic N) is 4. The number of aromatic nitrogens is 4. The van der Waals surface area contributed by atoms with E-state index in [1.54, 1.807) is 0 Å². The monoisotopic (exact) mass is 138 g/mol. The molecule has 2 rings (SSSR count). The minimum atomic E-state index is 0.204. The number of hydrogen-bond donors (Lipinski definition) is 0. The molecule has 4 nitrogen and oxygen atoms in total. The summed E-state index contributed by atoms with van der Waals surface area (Å²) in [6.45, 7) is 0. The Balaban J connectivity index is 2.93. The van der Waals surface area contributed by atoms with Crippen molar-refractivity contribution in [3.8, 4) is 0 Å². The normalized spacial score (nSPS) is 10.5. The van der Waals surface area contributed by atoms with Crippen molar-refractivity contribution < 1.29 is 4.48 Å². The third-order valence-corrected chi connectivity index (χ3v) is 1.17. The van der Waals surface area contributed by atoms with Gasteiger partial charge < -0.3 is 0 Å². The molecule has 0 N–H and O–H groups in total. The SMILES string of the molecule is Fn1cnc2cncnc21. The molecule has 2 heterocycles. The van der Waals surface area contributed by atoms with Crippen molar-refractivity contribution in [3.05, 3.63) is 18.9 Å². The summed E-state index contributed by atoms with van der Waals surface area (Å²) < 4.78 is 12.5. The Morgan fingerprint density at radius 1 is 1.40 bits per heavy atom. The predicted molar refractivity (Wildman–Crippen MR) is 31.8 cm³/mol. The Hall–Kier alpha value is -1.52. The highest BCUT2D eigenvalue weighted by atomic mass is 19.2. The van der Waals surface area contributed by atoms with Gasteiger partial charge in [0.15, 0.2) is 5.65 Å². The second-order valence-electron chi connectivity index (χ2n) is 1.79. The molecule has 0 saturated carbocycles. The first-order valence-electron chi connectivity index (χ1n) is 2.67. The van der Waals surface area contributed by atoms with Crippen molar-refractivity contribution in [1.29, 1.82) is 0 Å². The summed E-state index contributed by atoms with van der Waals surface area (Å²) in [5, 5.41) is 0. The summed E-state index contributed by atoms with van der Waals surface area (Å²) in [5.74, 6) is 0. The van der Waals surface area contributed by atoms with Crippen LogP contribution in [-0.4, -0.2) is 19.7 Å². The first-order chi connectivity index (χ1) is 4.88.